The maximum Gasteiger partial charge on any atom is 0.244 e. The van der Waals surface area contributed by atoms with Crippen molar-refractivity contribution in [2.45, 2.75) is 32.2 Å². The molecule has 1 aliphatic carbocycles. The average Bonchev–Trinajstić information content (AvgIpc) is 3.46. The van der Waals surface area contributed by atoms with Crippen LogP contribution in [0, 0.1) is 0 Å². The zero-order valence-electron chi connectivity index (χ0n) is 19.1. The van der Waals surface area contributed by atoms with Crippen molar-refractivity contribution in [2.75, 3.05) is 18.4 Å². The zero-order valence-corrected chi connectivity index (χ0v) is 19.1. The Morgan fingerprint density at radius 2 is 1.71 bits per heavy atom. The van der Waals surface area contributed by atoms with Crippen molar-refractivity contribution < 1.29 is 9.59 Å². The molecule has 1 aliphatic rings. The molecule has 0 saturated carbocycles. The highest BCUT2D eigenvalue weighted by Gasteiger charge is 2.15. The number of nitrogens with one attached hydrogen (secondary N) is 2. The molecule has 3 aromatic carbocycles. The molecular weight excluding hydrogens is 424 g/mol. The van der Waals surface area contributed by atoms with Gasteiger partial charge in [0.15, 0.2) is 5.78 Å². The monoisotopic (exact) mass is 452 g/mol. The molecule has 0 bridgehead atoms. The van der Waals surface area contributed by atoms with E-state index in [2.05, 4.69) is 22.8 Å². The second kappa shape index (κ2) is 10.0. The summed E-state index contributed by atoms with van der Waals surface area (Å²) >= 11 is 0. The van der Waals surface area contributed by atoms with E-state index in [1.807, 2.05) is 65.2 Å². The Bertz CT molecular complexity index is 1330. The third-order valence-corrected chi connectivity index (χ3v) is 6.32. The molecule has 0 radical (unpaired) electrons. The summed E-state index contributed by atoms with van der Waals surface area (Å²) in [5, 5.41) is 6.27. The van der Waals surface area contributed by atoms with Crippen LogP contribution >= 0.6 is 0 Å². The van der Waals surface area contributed by atoms with E-state index in [4.69, 9.17) is 4.98 Å². The number of aryl methyl sites for hydroxylation is 2. The zero-order chi connectivity index (χ0) is 23.3. The van der Waals surface area contributed by atoms with E-state index in [1.54, 1.807) is 0 Å². The molecule has 6 nitrogen and oxygen atoms in total. The van der Waals surface area contributed by atoms with E-state index in [9.17, 15) is 9.59 Å². The molecule has 0 saturated heterocycles. The van der Waals surface area contributed by atoms with Gasteiger partial charge in [-0.25, -0.2) is 4.98 Å². The second-order valence-corrected chi connectivity index (χ2v) is 8.70. The molecule has 0 spiro atoms. The Morgan fingerprint density at radius 3 is 2.59 bits per heavy atom. The number of aromatic nitrogens is 2. The van der Waals surface area contributed by atoms with E-state index >= 15 is 0 Å². The van der Waals surface area contributed by atoms with Gasteiger partial charge in [-0.2, -0.15) is 0 Å². The molecule has 1 heterocycles. The number of anilines is 1. The number of imidazole rings is 1. The Labute approximate surface area is 199 Å². The molecule has 172 valence electrons. The highest BCUT2D eigenvalue weighted by Crippen LogP contribution is 2.25. The van der Waals surface area contributed by atoms with Gasteiger partial charge in [0.05, 0.1) is 17.6 Å². The fourth-order valence-electron chi connectivity index (χ4n) is 4.61. The number of hydrogen-bond donors (Lipinski definition) is 2. The minimum Gasteiger partial charge on any atom is -0.325 e. The summed E-state index contributed by atoms with van der Waals surface area (Å²) in [6.45, 7) is 1.05. The van der Waals surface area contributed by atoms with E-state index in [0.717, 1.165) is 35.4 Å². The number of benzene rings is 3. The first kappa shape index (κ1) is 22.0. The summed E-state index contributed by atoms with van der Waals surface area (Å²) in [5.74, 6) is 0.808. The molecule has 4 aromatic rings. The number of rotatable bonds is 9. The van der Waals surface area contributed by atoms with Crippen LogP contribution in [-0.4, -0.2) is 34.3 Å². The van der Waals surface area contributed by atoms with Crippen molar-refractivity contribution in [1.82, 2.24) is 14.9 Å². The molecule has 0 aliphatic heterocycles. The Kier molecular flexibility index (Phi) is 6.49. The van der Waals surface area contributed by atoms with Crippen LogP contribution in [0.25, 0.3) is 11.0 Å². The maximum absolute atomic E-state index is 12.9. The van der Waals surface area contributed by atoms with Crippen LogP contribution < -0.4 is 10.6 Å². The highest BCUT2D eigenvalue weighted by molar-refractivity contribution is 5.97. The Balaban J connectivity index is 1.24. The van der Waals surface area contributed by atoms with Gasteiger partial charge in [0.1, 0.15) is 12.4 Å². The number of nitrogens with zero attached hydrogens (tertiary/aromatic N) is 2. The van der Waals surface area contributed by atoms with Crippen LogP contribution in [0.4, 0.5) is 5.69 Å². The van der Waals surface area contributed by atoms with Crippen molar-refractivity contribution in [3.8, 4) is 0 Å². The lowest BCUT2D eigenvalue weighted by molar-refractivity contribution is -0.116. The van der Waals surface area contributed by atoms with Crippen LogP contribution in [0.1, 0.15) is 33.7 Å². The summed E-state index contributed by atoms with van der Waals surface area (Å²) in [4.78, 5) is 30.0. The number of fused-ring (bicyclic) bond motifs is 2. The van der Waals surface area contributed by atoms with E-state index < -0.39 is 0 Å². The predicted octanol–water partition coefficient (Wildman–Crippen LogP) is 4.18. The van der Waals surface area contributed by atoms with Gasteiger partial charge < -0.3 is 15.2 Å². The van der Waals surface area contributed by atoms with Gasteiger partial charge in [0.25, 0.3) is 0 Å². The number of para-hydroxylation sites is 2. The lowest BCUT2D eigenvalue weighted by Gasteiger charge is -2.11. The molecule has 0 unspecified atom stereocenters. The van der Waals surface area contributed by atoms with Gasteiger partial charge in [-0.15, -0.1) is 0 Å². The Morgan fingerprint density at radius 1 is 0.912 bits per heavy atom. The largest absolute Gasteiger partial charge is 0.325 e. The highest BCUT2D eigenvalue weighted by atomic mass is 16.2. The SMILES string of the molecule is O=C(Cn1c(CCNCC(=O)c2ccccc2)nc2ccccc21)Nc1ccc2c(c1)CCC2. The molecule has 5 rings (SSSR count). The minimum atomic E-state index is -0.0745. The first-order chi connectivity index (χ1) is 16.7. The molecule has 1 amide bonds. The van der Waals surface area contributed by atoms with Gasteiger partial charge in [-0.05, 0) is 54.7 Å². The normalized spacial score (nSPS) is 12.6. The lowest BCUT2D eigenvalue weighted by Crippen LogP contribution is -2.26. The van der Waals surface area contributed by atoms with Gasteiger partial charge >= 0.3 is 0 Å². The first-order valence-electron chi connectivity index (χ1n) is 11.8. The van der Waals surface area contributed by atoms with Crippen molar-refractivity contribution in [1.29, 1.82) is 0 Å². The minimum absolute atomic E-state index is 0.0582. The summed E-state index contributed by atoms with van der Waals surface area (Å²) in [6.07, 6.45) is 4.00. The summed E-state index contributed by atoms with van der Waals surface area (Å²) < 4.78 is 1.97. The maximum atomic E-state index is 12.9. The quantitative estimate of drug-likeness (QED) is 0.295. The van der Waals surface area contributed by atoms with Crippen LogP contribution in [0.15, 0.2) is 72.8 Å². The molecule has 6 heteroatoms. The van der Waals surface area contributed by atoms with E-state index in [0.29, 0.717) is 18.5 Å². The number of ketones is 1. The van der Waals surface area contributed by atoms with Crippen molar-refractivity contribution in [3.05, 3.63) is 95.3 Å². The number of Topliss-reactive ketones (excluding diaryl/α,β-unsaturated/α-hetero) is 1. The topological polar surface area (TPSA) is 76.0 Å². The van der Waals surface area contributed by atoms with Gasteiger partial charge in [0.2, 0.25) is 5.91 Å². The number of carbonyl (C=O) groups excluding carboxylic acids is 2. The second-order valence-electron chi connectivity index (χ2n) is 8.70. The third-order valence-electron chi connectivity index (χ3n) is 6.32. The van der Waals surface area contributed by atoms with Crippen LogP contribution in [0.5, 0.6) is 0 Å². The molecule has 0 atom stereocenters. The van der Waals surface area contributed by atoms with Crippen LogP contribution in [-0.2, 0) is 30.6 Å². The smallest absolute Gasteiger partial charge is 0.244 e. The molecular formula is C28H28N4O2. The summed E-state index contributed by atoms with van der Waals surface area (Å²) in [5.41, 5.74) is 6.06. The van der Waals surface area contributed by atoms with Crippen molar-refractivity contribution in [3.63, 3.8) is 0 Å². The fourth-order valence-corrected chi connectivity index (χ4v) is 4.61. The molecule has 2 N–H and O–H groups in total. The third kappa shape index (κ3) is 4.92. The van der Waals surface area contributed by atoms with Gasteiger partial charge in [-0.3, -0.25) is 9.59 Å². The molecule has 1 aromatic heterocycles. The van der Waals surface area contributed by atoms with E-state index in [1.165, 1.54) is 17.5 Å². The number of carbonyl (C=O) groups is 2. The van der Waals surface area contributed by atoms with Crippen molar-refractivity contribution in [2.24, 2.45) is 0 Å². The van der Waals surface area contributed by atoms with E-state index in [-0.39, 0.29) is 24.8 Å². The van der Waals surface area contributed by atoms with Gasteiger partial charge in [0, 0.05) is 24.2 Å². The number of hydrogen-bond acceptors (Lipinski definition) is 4. The average molecular weight is 453 g/mol. The van der Waals surface area contributed by atoms with Crippen LogP contribution in [0.3, 0.4) is 0 Å². The molecule has 34 heavy (non-hydrogen) atoms. The lowest BCUT2D eigenvalue weighted by atomic mass is 10.1. The summed E-state index contributed by atoms with van der Waals surface area (Å²) in [6, 6.07) is 23.3. The fraction of sp³-hybridized carbons (Fsp3) is 0.250. The van der Waals surface area contributed by atoms with Gasteiger partial charge in [-0.1, -0.05) is 48.5 Å². The van der Waals surface area contributed by atoms with Crippen LogP contribution in [0.2, 0.25) is 0 Å². The number of amides is 1. The van der Waals surface area contributed by atoms with Crippen molar-refractivity contribution >= 4 is 28.4 Å². The molecule has 0 fully saturated rings. The predicted molar refractivity (Wildman–Crippen MR) is 134 cm³/mol. The standard InChI is InChI=1S/C28H28N4O2/c33-26(21-7-2-1-3-8-21)18-29-16-15-27-31-24-11-4-5-12-25(24)32(27)19-28(34)30-23-14-13-20-9-6-10-22(20)17-23/h1-5,7-8,11-14,17,29H,6,9-10,15-16,18-19H2,(H,30,34). The first-order valence-corrected chi connectivity index (χ1v) is 11.8. The Hall–Kier alpha value is -3.77. The summed E-state index contributed by atoms with van der Waals surface area (Å²) in [7, 11) is 0.